The highest BCUT2D eigenvalue weighted by Gasteiger charge is 2.56. The van der Waals surface area contributed by atoms with Gasteiger partial charge in [0.2, 0.25) is 11.8 Å². The number of aryl methyl sites for hydroxylation is 1. The van der Waals surface area contributed by atoms with Crippen LogP contribution in [0.1, 0.15) is 24.0 Å². The zero-order valence-corrected chi connectivity index (χ0v) is 14.9. The van der Waals surface area contributed by atoms with Crippen molar-refractivity contribution in [2.75, 3.05) is 5.32 Å². The minimum Gasteiger partial charge on any atom is -0.351 e. The van der Waals surface area contributed by atoms with Crippen LogP contribution in [0.5, 0.6) is 0 Å². The monoisotopic (exact) mass is 387 g/mol. The Labute approximate surface area is 149 Å². The number of pyridine rings is 1. The molecule has 0 saturated heterocycles. The van der Waals surface area contributed by atoms with Crippen molar-refractivity contribution < 1.29 is 9.59 Å². The van der Waals surface area contributed by atoms with Crippen LogP contribution in [-0.2, 0) is 16.1 Å². The van der Waals surface area contributed by atoms with Gasteiger partial charge < -0.3 is 10.6 Å². The first kappa shape index (κ1) is 16.6. The van der Waals surface area contributed by atoms with E-state index in [1.807, 2.05) is 37.3 Å². The summed E-state index contributed by atoms with van der Waals surface area (Å²) in [4.78, 5) is 29.0. The van der Waals surface area contributed by atoms with Crippen molar-refractivity contribution in [3.63, 3.8) is 0 Å². The number of benzene rings is 1. The number of carbonyl (C=O) groups excluding carboxylic acids is 2. The summed E-state index contributed by atoms with van der Waals surface area (Å²) in [6, 6.07) is 9.26. The molecule has 1 aliphatic carbocycles. The SMILES string of the molecule is Cc1cc(NC(=O)C2(C(=O)NCc3ccncc3)CC2)ccc1Br. The standard InChI is InChI=1S/C18H18BrN3O2/c1-12-10-14(2-3-15(12)19)22-17(24)18(6-7-18)16(23)21-11-13-4-8-20-9-5-13/h2-5,8-10H,6-7,11H2,1H3,(H,21,23)(H,22,24). The highest BCUT2D eigenvalue weighted by atomic mass is 79.9. The summed E-state index contributed by atoms with van der Waals surface area (Å²) in [5, 5.41) is 5.72. The summed E-state index contributed by atoms with van der Waals surface area (Å²) in [5.41, 5.74) is 1.75. The summed E-state index contributed by atoms with van der Waals surface area (Å²) in [5.74, 6) is -0.456. The maximum Gasteiger partial charge on any atom is 0.240 e. The molecule has 2 amide bonds. The number of carbonyl (C=O) groups is 2. The molecule has 3 rings (SSSR count). The van der Waals surface area contributed by atoms with Crippen molar-refractivity contribution in [1.82, 2.24) is 10.3 Å². The van der Waals surface area contributed by atoms with Gasteiger partial charge in [0.05, 0.1) is 0 Å². The third-order valence-electron chi connectivity index (χ3n) is 4.24. The van der Waals surface area contributed by atoms with E-state index in [0.717, 1.165) is 15.6 Å². The smallest absolute Gasteiger partial charge is 0.240 e. The van der Waals surface area contributed by atoms with Crippen LogP contribution >= 0.6 is 15.9 Å². The van der Waals surface area contributed by atoms with Gasteiger partial charge in [-0.1, -0.05) is 15.9 Å². The van der Waals surface area contributed by atoms with E-state index in [1.165, 1.54) is 0 Å². The first-order valence-electron chi connectivity index (χ1n) is 7.76. The Balaban J connectivity index is 1.63. The van der Waals surface area contributed by atoms with E-state index >= 15 is 0 Å². The summed E-state index contributed by atoms with van der Waals surface area (Å²) < 4.78 is 0.983. The van der Waals surface area contributed by atoms with E-state index < -0.39 is 5.41 Å². The van der Waals surface area contributed by atoms with Gasteiger partial charge in [0.15, 0.2) is 0 Å². The Morgan fingerprint density at radius 3 is 2.50 bits per heavy atom. The number of nitrogens with zero attached hydrogens (tertiary/aromatic N) is 1. The van der Waals surface area contributed by atoms with Crippen LogP contribution in [0, 0.1) is 12.3 Å². The van der Waals surface area contributed by atoms with Crippen molar-refractivity contribution in [3.05, 3.63) is 58.3 Å². The van der Waals surface area contributed by atoms with Crippen LogP contribution in [0.15, 0.2) is 47.2 Å². The maximum atomic E-state index is 12.6. The van der Waals surface area contributed by atoms with Gasteiger partial charge in [-0.25, -0.2) is 0 Å². The lowest BCUT2D eigenvalue weighted by Gasteiger charge is -2.16. The second-order valence-electron chi connectivity index (χ2n) is 6.04. The molecule has 5 nitrogen and oxygen atoms in total. The van der Waals surface area contributed by atoms with E-state index in [0.29, 0.717) is 25.1 Å². The number of rotatable bonds is 5. The van der Waals surface area contributed by atoms with Crippen LogP contribution in [0.3, 0.4) is 0 Å². The number of hydrogen-bond acceptors (Lipinski definition) is 3. The molecule has 1 aromatic heterocycles. The fraction of sp³-hybridized carbons (Fsp3) is 0.278. The minimum absolute atomic E-state index is 0.217. The molecule has 0 atom stereocenters. The van der Waals surface area contributed by atoms with Gasteiger partial charge in [-0.15, -0.1) is 0 Å². The van der Waals surface area contributed by atoms with Crippen molar-refractivity contribution >= 4 is 33.4 Å². The van der Waals surface area contributed by atoms with Gasteiger partial charge in [0.25, 0.3) is 0 Å². The third-order valence-corrected chi connectivity index (χ3v) is 5.13. The highest BCUT2D eigenvalue weighted by Crippen LogP contribution is 2.47. The number of anilines is 1. The average molecular weight is 388 g/mol. The molecule has 24 heavy (non-hydrogen) atoms. The molecule has 1 fully saturated rings. The van der Waals surface area contributed by atoms with Gasteiger partial charge in [-0.3, -0.25) is 14.6 Å². The number of hydrogen-bond donors (Lipinski definition) is 2. The van der Waals surface area contributed by atoms with Crippen LogP contribution in [0.4, 0.5) is 5.69 Å². The van der Waals surface area contributed by atoms with Crippen LogP contribution in [-0.4, -0.2) is 16.8 Å². The minimum atomic E-state index is -0.936. The van der Waals surface area contributed by atoms with Crippen molar-refractivity contribution in [3.8, 4) is 0 Å². The Bertz CT molecular complexity index is 773. The van der Waals surface area contributed by atoms with Gasteiger partial charge in [-0.2, -0.15) is 0 Å². The topological polar surface area (TPSA) is 71.1 Å². The molecule has 0 aliphatic heterocycles. The molecule has 0 bridgehead atoms. The molecule has 1 saturated carbocycles. The van der Waals surface area contributed by atoms with Crippen molar-refractivity contribution in [2.24, 2.45) is 5.41 Å². The first-order valence-corrected chi connectivity index (χ1v) is 8.55. The summed E-state index contributed by atoms with van der Waals surface area (Å²) in [6.07, 6.45) is 4.51. The molecule has 6 heteroatoms. The van der Waals surface area contributed by atoms with Crippen molar-refractivity contribution in [2.45, 2.75) is 26.3 Å². The summed E-state index contributed by atoms with van der Waals surface area (Å²) >= 11 is 3.43. The summed E-state index contributed by atoms with van der Waals surface area (Å²) in [7, 11) is 0. The van der Waals surface area contributed by atoms with E-state index in [4.69, 9.17) is 0 Å². The van der Waals surface area contributed by atoms with Crippen LogP contribution < -0.4 is 10.6 Å². The predicted molar refractivity (Wildman–Crippen MR) is 95.3 cm³/mol. The fourth-order valence-electron chi connectivity index (χ4n) is 2.51. The Morgan fingerprint density at radius 2 is 1.88 bits per heavy atom. The number of aromatic nitrogens is 1. The first-order chi connectivity index (χ1) is 11.5. The fourth-order valence-corrected chi connectivity index (χ4v) is 2.75. The normalized spacial score (nSPS) is 14.8. The van der Waals surface area contributed by atoms with Crippen LogP contribution in [0.25, 0.3) is 0 Å². The van der Waals surface area contributed by atoms with Gasteiger partial charge >= 0.3 is 0 Å². The second-order valence-corrected chi connectivity index (χ2v) is 6.89. The molecule has 0 radical (unpaired) electrons. The lowest BCUT2D eigenvalue weighted by Crippen LogP contribution is -2.39. The van der Waals surface area contributed by atoms with Gasteiger partial charge in [0.1, 0.15) is 5.41 Å². The van der Waals surface area contributed by atoms with Crippen LogP contribution in [0.2, 0.25) is 0 Å². The second kappa shape index (κ2) is 6.73. The van der Waals surface area contributed by atoms with E-state index in [2.05, 4.69) is 31.5 Å². The predicted octanol–water partition coefficient (Wildman–Crippen LogP) is 3.19. The van der Waals surface area contributed by atoms with Gasteiger partial charge in [-0.05, 0) is 61.2 Å². The lowest BCUT2D eigenvalue weighted by atomic mass is 10.0. The molecule has 0 spiro atoms. The zero-order chi connectivity index (χ0) is 17.2. The molecule has 2 aromatic rings. The Kier molecular flexibility index (Phi) is 4.66. The molecular formula is C18H18BrN3O2. The highest BCUT2D eigenvalue weighted by molar-refractivity contribution is 9.10. The van der Waals surface area contributed by atoms with Gasteiger partial charge in [0, 0.05) is 29.1 Å². The van der Waals surface area contributed by atoms with E-state index in [1.54, 1.807) is 12.4 Å². The summed E-state index contributed by atoms with van der Waals surface area (Å²) in [6.45, 7) is 2.35. The largest absolute Gasteiger partial charge is 0.351 e. The number of amides is 2. The Morgan fingerprint density at radius 1 is 1.17 bits per heavy atom. The third kappa shape index (κ3) is 3.48. The Hall–Kier alpha value is -2.21. The van der Waals surface area contributed by atoms with E-state index in [9.17, 15) is 9.59 Å². The zero-order valence-electron chi connectivity index (χ0n) is 13.3. The molecule has 0 unspecified atom stereocenters. The number of halogens is 1. The number of nitrogens with one attached hydrogen (secondary N) is 2. The average Bonchev–Trinajstić information content (AvgIpc) is 3.39. The molecule has 124 valence electrons. The lowest BCUT2D eigenvalue weighted by molar-refractivity contribution is -0.134. The molecule has 1 aliphatic rings. The molecule has 2 N–H and O–H groups in total. The molecule has 1 aromatic carbocycles. The maximum absolute atomic E-state index is 12.6. The quantitative estimate of drug-likeness (QED) is 0.773. The van der Waals surface area contributed by atoms with Crippen molar-refractivity contribution in [1.29, 1.82) is 0 Å². The van der Waals surface area contributed by atoms with E-state index in [-0.39, 0.29) is 11.8 Å². The molecule has 1 heterocycles. The molecular weight excluding hydrogens is 370 g/mol.